The number of carboxylic acid groups (broad SMARTS) is 1. The van der Waals surface area contributed by atoms with E-state index in [4.69, 9.17) is 0 Å². The zero-order valence-corrected chi connectivity index (χ0v) is 11.2. The summed E-state index contributed by atoms with van der Waals surface area (Å²) in [5.74, 6) is -0.442. The average molecular weight is 257 g/mol. The molecule has 1 unspecified atom stereocenters. The second-order valence-electron chi connectivity index (χ2n) is 5.61. The quantitative estimate of drug-likeness (QED) is 0.908. The van der Waals surface area contributed by atoms with Crippen LogP contribution in [0.5, 0.6) is 0 Å². The highest BCUT2D eigenvalue weighted by Gasteiger charge is 2.22. The van der Waals surface area contributed by atoms with E-state index in [1.807, 2.05) is 24.4 Å². The third-order valence-electron chi connectivity index (χ3n) is 4.34. The molecule has 1 aromatic carbocycles. The number of carbonyl (C=O) groups is 1. The van der Waals surface area contributed by atoms with Crippen molar-refractivity contribution in [2.45, 2.75) is 38.6 Å². The number of aromatic nitrogens is 1. The Kier molecular flexibility index (Phi) is 3.05. The average Bonchev–Trinajstić information content (AvgIpc) is 2.72. The van der Waals surface area contributed by atoms with E-state index in [2.05, 4.69) is 10.6 Å². The summed E-state index contributed by atoms with van der Waals surface area (Å²) in [7, 11) is 0. The van der Waals surface area contributed by atoms with Gasteiger partial charge in [-0.1, -0.05) is 24.6 Å². The molecule has 1 aromatic heterocycles. The Labute approximate surface area is 112 Å². The summed E-state index contributed by atoms with van der Waals surface area (Å²) < 4.78 is 2.24. The summed E-state index contributed by atoms with van der Waals surface area (Å²) in [6, 6.07) is 8.12. The monoisotopic (exact) mass is 257 g/mol. The van der Waals surface area contributed by atoms with Gasteiger partial charge in [0.05, 0.1) is 5.92 Å². The second kappa shape index (κ2) is 4.72. The number of rotatable bonds is 4. The number of nitrogens with zero attached hydrogens (tertiary/aromatic N) is 1. The highest BCUT2D eigenvalue weighted by Crippen LogP contribution is 2.32. The minimum atomic E-state index is -0.758. The van der Waals surface area contributed by atoms with Crippen LogP contribution in [0.1, 0.15) is 37.7 Å². The number of benzene rings is 1. The molecule has 1 aliphatic rings. The topological polar surface area (TPSA) is 42.2 Å². The van der Waals surface area contributed by atoms with Crippen LogP contribution < -0.4 is 0 Å². The maximum atomic E-state index is 11.2. The van der Waals surface area contributed by atoms with Crippen molar-refractivity contribution < 1.29 is 9.90 Å². The van der Waals surface area contributed by atoms with Crippen molar-refractivity contribution >= 4 is 16.9 Å². The molecule has 3 nitrogen and oxygen atoms in total. The Balaban J connectivity index is 2.04. The van der Waals surface area contributed by atoms with Crippen LogP contribution in [-0.4, -0.2) is 15.6 Å². The van der Waals surface area contributed by atoms with Gasteiger partial charge in [-0.2, -0.15) is 0 Å². The lowest BCUT2D eigenvalue weighted by molar-refractivity contribution is -0.138. The third-order valence-corrected chi connectivity index (χ3v) is 4.34. The Hall–Kier alpha value is -1.77. The van der Waals surface area contributed by atoms with E-state index in [0.29, 0.717) is 0 Å². The zero-order chi connectivity index (χ0) is 13.4. The number of carboxylic acids is 1. The van der Waals surface area contributed by atoms with Crippen molar-refractivity contribution in [3.05, 3.63) is 36.0 Å². The van der Waals surface area contributed by atoms with Crippen LogP contribution in [0.2, 0.25) is 0 Å². The highest BCUT2D eigenvalue weighted by molar-refractivity contribution is 5.89. The molecule has 0 amide bonds. The van der Waals surface area contributed by atoms with Gasteiger partial charge in [0.25, 0.3) is 0 Å². The summed E-state index contributed by atoms with van der Waals surface area (Å²) in [6.07, 6.45) is 5.98. The maximum absolute atomic E-state index is 11.2. The lowest BCUT2D eigenvalue weighted by Gasteiger charge is -2.26. The van der Waals surface area contributed by atoms with E-state index >= 15 is 0 Å². The van der Waals surface area contributed by atoms with Gasteiger partial charge in [-0.25, -0.2) is 0 Å². The first kappa shape index (κ1) is 12.3. The van der Waals surface area contributed by atoms with E-state index in [1.165, 1.54) is 19.3 Å². The Morgan fingerprint density at radius 3 is 2.79 bits per heavy atom. The number of hydrogen-bond donors (Lipinski definition) is 1. The number of aliphatic carboxylic acids is 1. The highest BCUT2D eigenvalue weighted by atomic mass is 16.4. The molecular weight excluding hydrogens is 238 g/mol. The molecule has 0 spiro atoms. The van der Waals surface area contributed by atoms with Crippen LogP contribution in [0.3, 0.4) is 0 Å². The van der Waals surface area contributed by atoms with Crippen LogP contribution >= 0.6 is 0 Å². The fraction of sp³-hybridized carbons (Fsp3) is 0.438. The van der Waals surface area contributed by atoms with Crippen molar-refractivity contribution in [2.24, 2.45) is 5.92 Å². The molecule has 3 rings (SSSR count). The van der Waals surface area contributed by atoms with Gasteiger partial charge in [0.15, 0.2) is 0 Å². The van der Waals surface area contributed by atoms with Gasteiger partial charge in [0.2, 0.25) is 0 Å². The summed E-state index contributed by atoms with van der Waals surface area (Å²) in [4.78, 5) is 11.2. The molecular formula is C16H19NO2. The molecule has 1 N–H and O–H groups in total. The molecule has 1 saturated carbocycles. The molecule has 1 aliphatic carbocycles. The fourth-order valence-corrected chi connectivity index (χ4v) is 2.86. The Morgan fingerprint density at radius 1 is 1.42 bits per heavy atom. The van der Waals surface area contributed by atoms with Crippen LogP contribution in [0, 0.1) is 5.92 Å². The van der Waals surface area contributed by atoms with E-state index in [-0.39, 0.29) is 0 Å². The largest absolute Gasteiger partial charge is 0.481 e. The molecule has 0 aliphatic heterocycles. The summed E-state index contributed by atoms with van der Waals surface area (Å²) in [5.41, 5.74) is 2.10. The molecule has 1 atom stereocenters. The molecule has 0 radical (unpaired) electrons. The van der Waals surface area contributed by atoms with Gasteiger partial charge < -0.3 is 9.67 Å². The zero-order valence-electron chi connectivity index (χ0n) is 11.2. The van der Waals surface area contributed by atoms with E-state index in [1.54, 1.807) is 6.92 Å². The summed E-state index contributed by atoms with van der Waals surface area (Å²) in [5, 5.41) is 10.3. The minimum absolute atomic E-state index is 0.451. The molecule has 0 saturated heterocycles. The summed E-state index contributed by atoms with van der Waals surface area (Å²) >= 11 is 0. The van der Waals surface area contributed by atoms with E-state index in [9.17, 15) is 9.90 Å². The van der Waals surface area contributed by atoms with Gasteiger partial charge in [0, 0.05) is 23.6 Å². The normalized spacial score (nSPS) is 17.3. The molecule has 1 fully saturated rings. The predicted molar refractivity (Wildman–Crippen MR) is 75.3 cm³/mol. The van der Waals surface area contributed by atoms with E-state index in [0.717, 1.165) is 28.9 Å². The second-order valence-corrected chi connectivity index (χ2v) is 5.61. The Morgan fingerprint density at radius 2 is 2.16 bits per heavy atom. The molecule has 19 heavy (non-hydrogen) atoms. The molecule has 1 heterocycles. The van der Waals surface area contributed by atoms with Gasteiger partial charge in [-0.3, -0.25) is 4.79 Å². The van der Waals surface area contributed by atoms with Crippen molar-refractivity contribution in [3.63, 3.8) is 0 Å². The molecule has 100 valence electrons. The summed E-state index contributed by atoms with van der Waals surface area (Å²) in [6.45, 7) is 2.78. The van der Waals surface area contributed by atoms with Crippen molar-refractivity contribution in [3.8, 4) is 0 Å². The van der Waals surface area contributed by atoms with Crippen molar-refractivity contribution in [2.75, 3.05) is 0 Å². The fourth-order valence-electron chi connectivity index (χ4n) is 2.86. The van der Waals surface area contributed by atoms with Gasteiger partial charge in [-0.15, -0.1) is 0 Å². The standard InChI is InChI=1S/C16H19NO2/c1-11(16(18)19)14-10-17(9-12-5-4-6-12)15-8-3-2-7-13(14)15/h2-3,7-8,10-12H,4-6,9H2,1H3,(H,18,19). The number of fused-ring (bicyclic) bond motifs is 1. The number of hydrogen-bond acceptors (Lipinski definition) is 1. The first-order valence-corrected chi connectivity index (χ1v) is 6.97. The lowest BCUT2D eigenvalue weighted by Crippen LogP contribution is -2.17. The number of para-hydroxylation sites is 1. The predicted octanol–water partition coefficient (Wildman–Crippen LogP) is 3.63. The first-order valence-electron chi connectivity index (χ1n) is 6.97. The van der Waals surface area contributed by atoms with Crippen LogP contribution in [0.25, 0.3) is 10.9 Å². The third kappa shape index (κ3) is 2.14. The van der Waals surface area contributed by atoms with Crippen molar-refractivity contribution in [1.82, 2.24) is 4.57 Å². The van der Waals surface area contributed by atoms with Gasteiger partial charge in [-0.05, 0) is 37.3 Å². The van der Waals surface area contributed by atoms with Crippen LogP contribution in [0.4, 0.5) is 0 Å². The Bertz CT molecular complexity index is 610. The van der Waals surface area contributed by atoms with Gasteiger partial charge in [0.1, 0.15) is 0 Å². The molecule has 3 heteroatoms. The van der Waals surface area contributed by atoms with Crippen LogP contribution in [0.15, 0.2) is 30.5 Å². The van der Waals surface area contributed by atoms with Crippen LogP contribution in [-0.2, 0) is 11.3 Å². The van der Waals surface area contributed by atoms with Crippen molar-refractivity contribution in [1.29, 1.82) is 0 Å². The first-order chi connectivity index (χ1) is 9.16. The smallest absolute Gasteiger partial charge is 0.310 e. The molecule has 0 bridgehead atoms. The van der Waals surface area contributed by atoms with Gasteiger partial charge >= 0.3 is 5.97 Å². The molecule has 2 aromatic rings. The van der Waals surface area contributed by atoms with E-state index < -0.39 is 11.9 Å². The maximum Gasteiger partial charge on any atom is 0.310 e. The SMILES string of the molecule is CC(C(=O)O)c1cn(CC2CCC2)c2ccccc12. The lowest BCUT2D eigenvalue weighted by atomic mass is 9.85. The minimum Gasteiger partial charge on any atom is -0.481 e.